The lowest BCUT2D eigenvalue weighted by Crippen LogP contribution is -1.92. The summed E-state index contributed by atoms with van der Waals surface area (Å²) in [5.74, 6) is -0.345. The fourth-order valence-corrected chi connectivity index (χ4v) is 1.62. The number of H-pyrrole nitrogens is 1. The van der Waals surface area contributed by atoms with Gasteiger partial charge < -0.3 is 9.72 Å². The average molecular weight is 215 g/mol. The van der Waals surface area contributed by atoms with Crippen LogP contribution in [0.25, 0.3) is 17.0 Å². The molecule has 1 aromatic heterocycles. The molecule has 2 aromatic rings. The lowest BCUT2D eigenvalue weighted by molar-refractivity contribution is -0.134. The molecule has 1 heterocycles. The zero-order valence-corrected chi connectivity index (χ0v) is 9.28. The number of hydrogen-bond donors (Lipinski definition) is 1. The monoisotopic (exact) mass is 215 g/mol. The van der Waals surface area contributed by atoms with E-state index >= 15 is 0 Å². The topological polar surface area (TPSA) is 42.1 Å². The molecule has 1 N–H and O–H groups in total. The second-order valence-electron chi connectivity index (χ2n) is 3.65. The second-order valence-corrected chi connectivity index (χ2v) is 3.65. The van der Waals surface area contributed by atoms with E-state index in [0.717, 1.165) is 16.5 Å². The first-order valence-corrected chi connectivity index (χ1v) is 5.04. The molecule has 0 unspecified atom stereocenters. The van der Waals surface area contributed by atoms with Gasteiger partial charge in [-0.15, -0.1) is 0 Å². The van der Waals surface area contributed by atoms with Crippen molar-refractivity contribution in [3.8, 4) is 0 Å². The van der Waals surface area contributed by atoms with Crippen LogP contribution in [0.5, 0.6) is 0 Å². The maximum atomic E-state index is 11.0. The maximum Gasteiger partial charge on any atom is 0.330 e. The predicted octanol–water partition coefficient (Wildman–Crippen LogP) is 2.66. The maximum absolute atomic E-state index is 11.0. The number of nitrogens with one attached hydrogen (secondary N) is 1. The van der Waals surface area contributed by atoms with Crippen molar-refractivity contribution < 1.29 is 9.53 Å². The molecule has 0 bridgehead atoms. The molecule has 0 aliphatic rings. The van der Waals surface area contributed by atoms with Crippen LogP contribution in [0.2, 0.25) is 0 Å². The molecule has 0 saturated heterocycles. The van der Waals surface area contributed by atoms with Crippen molar-refractivity contribution in [3.05, 3.63) is 41.6 Å². The molecule has 0 atom stereocenters. The first kappa shape index (κ1) is 10.5. The van der Waals surface area contributed by atoms with Crippen LogP contribution in [-0.4, -0.2) is 18.1 Å². The minimum absolute atomic E-state index is 0.345. The molecule has 1 aromatic carbocycles. The molecule has 3 heteroatoms. The molecule has 0 radical (unpaired) electrons. The Labute approximate surface area is 93.7 Å². The fourth-order valence-electron chi connectivity index (χ4n) is 1.62. The van der Waals surface area contributed by atoms with Crippen molar-refractivity contribution in [3.63, 3.8) is 0 Å². The quantitative estimate of drug-likeness (QED) is 0.618. The van der Waals surface area contributed by atoms with Gasteiger partial charge >= 0.3 is 5.97 Å². The first-order chi connectivity index (χ1) is 7.70. The fraction of sp³-hybridized carbons (Fsp3) is 0.154. The molecule has 0 aliphatic heterocycles. The summed E-state index contributed by atoms with van der Waals surface area (Å²) >= 11 is 0. The van der Waals surface area contributed by atoms with Crippen LogP contribution in [0, 0.1) is 6.92 Å². The number of benzene rings is 1. The van der Waals surface area contributed by atoms with Crippen LogP contribution in [0.3, 0.4) is 0 Å². The third kappa shape index (κ3) is 1.98. The van der Waals surface area contributed by atoms with Gasteiger partial charge in [0.25, 0.3) is 0 Å². The number of ether oxygens (including phenoxy) is 1. The Balaban J connectivity index is 2.41. The van der Waals surface area contributed by atoms with E-state index in [1.807, 2.05) is 25.3 Å². The highest BCUT2D eigenvalue weighted by molar-refractivity contribution is 5.94. The molecule has 3 nitrogen and oxygen atoms in total. The predicted molar refractivity (Wildman–Crippen MR) is 64.1 cm³/mol. The smallest absolute Gasteiger partial charge is 0.330 e. The van der Waals surface area contributed by atoms with Crippen LogP contribution in [0.4, 0.5) is 0 Å². The van der Waals surface area contributed by atoms with Crippen LogP contribution in [0.15, 0.2) is 30.5 Å². The normalized spacial score (nSPS) is 11.1. The largest absolute Gasteiger partial charge is 0.466 e. The number of methoxy groups -OCH3 is 1. The third-order valence-corrected chi connectivity index (χ3v) is 2.47. The molecular weight excluding hydrogens is 202 g/mol. The molecule has 0 amide bonds. The van der Waals surface area contributed by atoms with Crippen LogP contribution >= 0.6 is 0 Å². The summed E-state index contributed by atoms with van der Waals surface area (Å²) in [7, 11) is 1.37. The van der Waals surface area contributed by atoms with E-state index in [1.165, 1.54) is 18.7 Å². The van der Waals surface area contributed by atoms with Crippen molar-refractivity contribution in [1.29, 1.82) is 0 Å². The molecule has 2 rings (SSSR count). The number of aryl methyl sites for hydroxylation is 1. The van der Waals surface area contributed by atoms with E-state index in [9.17, 15) is 4.79 Å². The van der Waals surface area contributed by atoms with Gasteiger partial charge in [0.1, 0.15) is 0 Å². The highest BCUT2D eigenvalue weighted by Gasteiger charge is 2.01. The van der Waals surface area contributed by atoms with Crippen molar-refractivity contribution in [2.24, 2.45) is 0 Å². The van der Waals surface area contributed by atoms with Crippen molar-refractivity contribution in [2.45, 2.75) is 6.92 Å². The number of rotatable bonds is 2. The van der Waals surface area contributed by atoms with E-state index in [4.69, 9.17) is 0 Å². The molecule has 16 heavy (non-hydrogen) atoms. The van der Waals surface area contributed by atoms with Gasteiger partial charge in [0, 0.05) is 28.7 Å². The molecule has 0 spiro atoms. The van der Waals surface area contributed by atoms with Gasteiger partial charge in [-0.1, -0.05) is 11.6 Å². The van der Waals surface area contributed by atoms with Gasteiger partial charge in [0.15, 0.2) is 0 Å². The number of aromatic nitrogens is 1. The number of esters is 1. The van der Waals surface area contributed by atoms with Crippen LogP contribution in [-0.2, 0) is 9.53 Å². The Bertz CT molecular complexity index is 552. The lowest BCUT2D eigenvalue weighted by Gasteiger charge is -1.94. The SMILES string of the molecule is COC(=O)C=Cc1c[nH]c2ccc(C)cc12. The number of fused-ring (bicyclic) bond motifs is 1. The number of carbonyl (C=O) groups excluding carboxylic acids is 1. The summed E-state index contributed by atoms with van der Waals surface area (Å²) in [5, 5.41) is 1.11. The summed E-state index contributed by atoms with van der Waals surface area (Å²) in [4.78, 5) is 14.1. The van der Waals surface area contributed by atoms with E-state index in [-0.39, 0.29) is 5.97 Å². The summed E-state index contributed by atoms with van der Waals surface area (Å²) in [5.41, 5.74) is 3.25. The zero-order valence-electron chi connectivity index (χ0n) is 9.28. The van der Waals surface area contributed by atoms with Crippen molar-refractivity contribution in [1.82, 2.24) is 4.98 Å². The van der Waals surface area contributed by atoms with Gasteiger partial charge in [-0.05, 0) is 25.1 Å². The first-order valence-electron chi connectivity index (χ1n) is 5.04. The molecule has 0 saturated carbocycles. The summed E-state index contributed by atoms with van der Waals surface area (Å²) in [6.45, 7) is 2.04. The molecule has 0 fully saturated rings. The van der Waals surface area contributed by atoms with Gasteiger partial charge in [0.05, 0.1) is 7.11 Å². The Hall–Kier alpha value is -2.03. The summed E-state index contributed by atoms with van der Waals surface area (Å²) < 4.78 is 4.55. The highest BCUT2D eigenvalue weighted by Crippen LogP contribution is 2.20. The summed E-state index contributed by atoms with van der Waals surface area (Å²) in [6.07, 6.45) is 5.05. The minimum atomic E-state index is -0.345. The van der Waals surface area contributed by atoms with Gasteiger partial charge in [-0.2, -0.15) is 0 Å². The number of hydrogen-bond acceptors (Lipinski definition) is 2. The lowest BCUT2D eigenvalue weighted by atomic mass is 10.1. The zero-order chi connectivity index (χ0) is 11.5. The van der Waals surface area contributed by atoms with E-state index in [0.29, 0.717) is 0 Å². The van der Waals surface area contributed by atoms with Crippen molar-refractivity contribution in [2.75, 3.05) is 7.11 Å². The van der Waals surface area contributed by atoms with E-state index in [2.05, 4.69) is 15.8 Å². The Morgan fingerprint density at radius 3 is 3.00 bits per heavy atom. The van der Waals surface area contributed by atoms with Gasteiger partial charge in [-0.3, -0.25) is 0 Å². The average Bonchev–Trinajstić information content (AvgIpc) is 2.68. The van der Waals surface area contributed by atoms with Gasteiger partial charge in [0.2, 0.25) is 0 Å². The Morgan fingerprint density at radius 1 is 1.44 bits per heavy atom. The van der Waals surface area contributed by atoms with E-state index in [1.54, 1.807) is 6.08 Å². The molecular formula is C13H13NO2. The number of carbonyl (C=O) groups is 1. The molecule has 0 aliphatic carbocycles. The summed E-state index contributed by atoms with van der Waals surface area (Å²) in [6, 6.07) is 6.16. The van der Waals surface area contributed by atoms with Crippen molar-refractivity contribution >= 4 is 22.9 Å². The second kappa shape index (κ2) is 4.23. The minimum Gasteiger partial charge on any atom is -0.466 e. The van der Waals surface area contributed by atoms with E-state index < -0.39 is 0 Å². The number of aromatic amines is 1. The Kier molecular flexibility index (Phi) is 2.77. The molecule has 82 valence electrons. The van der Waals surface area contributed by atoms with Gasteiger partial charge in [-0.25, -0.2) is 4.79 Å². The van der Waals surface area contributed by atoms with Crippen LogP contribution < -0.4 is 0 Å². The van der Waals surface area contributed by atoms with Crippen LogP contribution in [0.1, 0.15) is 11.1 Å². The third-order valence-electron chi connectivity index (χ3n) is 2.47. The highest BCUT2D eigenvalue weighted by atomic mass is 16.5. The standard InChI is InChI=1S/C13H13NO2/c1-9-3-5-12-11(7-9)10(8-14-12)4-6-13(15)16-2/h3-8,14H,1-2H3. The Morgan fingerprint density at radius 2 is 2.25 bits per heavy atom.